The molecule has 0 aliphatic heterocycles. The Morgan fingerprint density at radius 2 is 1.90 bits per heavy atom. The number of nitrogens with zero attached hydrogens (tertiary/aromatic N) is 1. The van der Waals surface area contributed by atoms with E-state index >= 15 is 0 Å². The lowest BCUT2D eigenvalue weighted by Gasteiger charge is -2.29. The van der Waals surface area contributed by atoms with Crippen molar-refractivity contribution in [3.05, 3.63) is 35.9 Å². The lowest BCUT2D eigenvalue weighted by atomic mass is 10.0. The van der Waals surface area contributed by atoms with Crippen LogP contribution in [0, 0.1) is 0 Å². The van der Waals surface area contributed by atoms with Crippen LogP contribution in [0.15, 0.2) is 30.3 Å². The third-order valence-corrected chi connectivity index (χ3v) is 3.49. The Morgan fingerprint density at radius 3 is 2.43 bits per heavy atom. The molecule has 0 saturated heterocycles. The van der Waals surface area contributed by atoms with Gasteiger partial charge in [0.2, 0.25) is 5.91 Å². The van der Waals surface area contributed by atoms with Gasteiger partial charge in [-0.3, -0.25) is 14.5 Å². The van der Waals surface area contributed by atoms with E-state index in [1.54, 1.807) is 0 Å². The summed E-state index contributed by atoms with van der Waals surface area (Å²) in [7, 11) is 0. The monoisotopic (exact) mass is 292 g/mol. The lowest BCUT2D eigenvalue weighted by Crippen LogP contribution is -2.44. The highest BCUT2D eigenvalue weighted by atomic mass is 16.4. The van der Waals surface area contributed by atoms with Gasteiger partial charge in [-0.05, 0) is 24.9 Å². The molecule has 5 nitrogen and oxygen atoms in total. The van der Waals surface area contributed by atoms with E-state index in [-0.39, 0.29) is 25.0 Å². The van der Waals surface area contributed by atoms with Crippen LogP contribution in [-0.2, 0) is 16.0 Å². The van der Waals surface area contributed by atoms with Gasteiger partial charge in [-0.1, -0.05) is 44.2 Å². The van der Waals surface area contributed by atoms with Crippen molar-refractivity contribution in [2.24, 2.45) is 0 Å². The Hall–Kier alpha value is -1.88. The first kappa shape index (κ1) is 17.2. The molecule has 0 radical (unpaired) electrons. The third kappa shape index (κ3) is 6.40. The fourth-order valence-corrected chi connectivity index (χ4v) is 2.33. The van der Waals surface area contributed by atoms with Crippen molar-refractivity contribution < 1.29 is 14.7 Å². The number of nitrogens with one attached hydrogen (secondary N) is 1. The van der Waals surface area contributed by atoms with Gasteiger partial charge in [-0.15, -0.1) is 0 Å². The highest BCUT2D eigenvalue weighted by molar-refractivity contribution is 5.82. The summed E-state index contributed by atoms with van der Waals surface area (Å²) in [5, 5.41) is 11.0. The molecule has 0 heterocycles. The molecule has 2 N–H and O–H groups in total. The van der Waals surface area contributed by atoms with Crippen molar-refractivity contribution in [2.75, 3.05) is 19.6 Å². The number of likely N-dealkylation sites (N-methyl/N-ethyl adjacent to an activating group) is 1. The molecule has 0 bridgehead atoms. The number of carboxylic acids is 1. The van der Waals surface area contributed by atoms with Crippen LogP contribution < -0.4 is 5.32 Å². The molecule has 1 aromatic rings. The van der Waals surface area contributed by atoms with Crippen molar-refractivity contribution in [1.82, 2.24) is 10.2 Å². The van der Waals surface area contributed by atoms with Crippen LogP contribution in [0.25, 0.3) is 0 Å². The molecule has 1 atom stereocenters. The number of hydrogen-bond acceptors (Lipinski definition) is 3. The first-order valence-electron chi connectivity index (χ1n) is 7.33. The van der Waals surface area contributed by atoms with Crippen LogP contribution in [0.4, 0.5) is 0 Å². The van der Waals surface area contributed by atoms with Crippen LogP contribution >= 0.6 is 0 Å². The maximum atomic E-state index is 11.8. The second-order valence-corrected chi connectivity index (χ2v) is 4.99. The summed E-state index contributed by atoms with van der Waals surface area (Å²) in [4.78, 5) is 24.3. The number of hydrogen-bond donors (Lipinski definition) is 2. The standard InChI is InChI=1S/C16H24N2O3/c1-3-14(10-13-8-6-5-7-9-13)18(4-2)12-15(19)17-11-16(20)21/h5-9,14H,3-4,10-12H2,1-2H3,(H,17,19)(H,20,21). The number of rotatable bonds is 9. The third-order valence-electron chi connectivity index (χ3n) is 3.49. The molecule has 0 spiro atoms. The average Bonchev–Trinajstić information content (AvgIpc) is 2.49. The van der Waals surface area contributed by atoms with Crippen LogP contribution in [0.1, 0.15) is 25.8 Å². The summed E-state index contributed by atoms with van der Waals surface area (Å²) in [5.41, 5.74) is 1.24. The molecule has 5 heteroatoms. The van der Waals surface area contributed by atoms with Gasteiger partial charge in [-0.2, -0.15) is 0 Å². The maximum absolute atomic E-state index is 11.8. The molecule has 0 aliphatic rings. The predicted octanol–water partition coefficient (Wildman–Crippen LogP) is 1.53. The Morgan fingerprint density at radius 1 is 1.24 bits per heavy atom. The minimum atomic E-state index is -1.03. The van der Waals surface area contributed by atoms with E-state index in [2.05, 4.69) is 29.3 Å². The van der Waals surface area contributed by atoms with E-state index < -0.39 is 5.97 Å². The van der Waals surface area contributed by atoms with Crippen LogP contribution in [0.5, 0.6) is 0 Å². The minimum absolute atomic E-state index is 0.231. The van der Waals surface area contributed by atoms with Crippen molar-refractivity contribution in [1.29, 1.82) is 0 Å². The van der Waals surface area contributed by atoms with Gasteiger partial charge < -0.3 is 10.4 Å². The van der Waals surface area contributed by atoms with Crippen LogP contribution in [0.3, 0.4) is 0 Å². The van der Waals surface area contributed by atoms with Crippen LogP contribution in [-0.4, -0.2) is 47.6 Å². The smallest absolute Gasteiger partial charge is 0.322 e. The highest BCUT2D eigenvalue weighted by Crippen LogP contribution is 2.12. The van der Waals surface area contributed by atoms with E-state index in [0.29, 0.717) is 0 Å². The number of carbonyl (C=O) groups is 2. The first-order chi connectivity index (χ1) is 10.1. The normalized spacial score (nSPS) is 12.1. The fraction of sp³-hybridized carbons (Fsp3) is 0.500. The number of amides is 1. The Balaban J connectivity index is 2.58. The van der Waals surface area contributed by atoms with Crippen molar-refractivity contribution in [2.45, 2.75) is 32.7 Å². The topological polar surface area (TPSA) is 69.6 Å². The molecular weight excluding hydrogens is 268 g/mol. The van der Waals surface area contributed by atoms with Crippen molar-refractivity contribution >= 4 is 11.9 Å². The van der Waals surface area contributed by atoms with Gasteiger partial charge in [0.1, 0.15) is 6.54 Å². The van der Waals surface area contributed by atoms with Gasteiger partial charge in [0.05, 0.1) is 6.54 Å². The number of aliphatic carboxylic acids is 1. The molecule has 0 aliphatic carbocycles. The molecule has 0 saturated carbocycles. The Kier molecular flexibility index (Phi) is 7.46. The van der Waals surface area contributed by atoms with Gasteiger partial charge in [0.15, 0.2) is 0 Å². The molecule has 0 fully saturated rings. The highest BCUT2D eigenvalue weighted by Gasteiger charge is 2.18. The summed E-state index contributed by atoms with van der Waals surface area (Å²) in [6.45, 7) is 4.77. The van der Waals surface area contributed by atoms with Gasteiger partial charge >= 0.3 is 5.97 Å². The number of carboxylic acid groups (broad SMARTS) is 1. The first-order valence-corrected chi connectivity index (χ1v) is 7.33. The molecule has 0 aromatic heterocycles. The van der Waals surface area contributed by atoms with Gasteiger partial charge in [0.25, 0.3) is 0 Å². The van der Waals surface area contributed by atoms with Crippen molar-refractivity contribution in [3.8, 4) is 0 Å². The van der Waals surface area contributed by atoms with Crippen molar-refractivity contribution in [3.63, 3.8) is 0 Å². The summed E-state index contributed by atoms with van der Waals surface area (Å²) >= 11 is 0. The average molecular weight is 292 g/mol. The van der Waals surface area contributed by atoms with Gasteiger partial charge in [-0.25, -0.2) is 0 Å². The number of benzene rings is 1. The summed E-state index contributed by atoms with van der Waals surface area (Å²) in [5.74, 6) is -1.27. The van der Waals surface area contributed by atoms with Crippen LogP contribution in [0.2, 0.25) is 0 Å². The second kappa shape index (κ2) is 9.13. The molecule has 116 valence electrons. The quantitative estimate of drug-likeness (QED) is 0.724. The summed E-state index contributed by atoms with van der Waals surface area (Å²) < 4.78 is 0. The molecule has 1 unspecified atom stereocenters. The largest absolute Gasteiger partial charge is 0.480 e. The minimum Gasteiger partial charge on any atom is -0.480 e. The number of carbonyl (C=O) groups excluding carboxylic acids is 1. The molecule has 1 aromatic carbocycles. The zero-order valence-electron chi connectivity index (χ0n) is 12.7. The lowest BCUT2D eigenvalue weighted by molar-refractivity contribution is -0.138. The van der Waals surface area contributed by atoms with Gasteiger partial charge in [0, 0.05) is 6.04 Å². The van der Waals surface area contributed by atoms with E-state index in [1.807, 2.05) is 25.1 Å². The van der Waals surface area contributed by atoms with E-state index in [0.717, 1.165) is 19.4 Å². The SMILES string of the molecule is CCC(Cc1ccccc1)N(CC)CC(=O)NCC(=O)O. The molecule has 21 heavy (non-hydrogen) atoms. The molecule has 1 rings (SSSR count). The Bertz CT molecular complexity index is 448. The maximum Gasteiger partial charge on any atom is 0.322 e. The summed E-state index contributed by atoms with van der Waals surface area (Å²) in [6.07, 6.45) is 1.83. The predicted molar refractivity (Wildman–Crippen MR) is 82.1 cm³/mol. The fourth-order valence-electron chi connectivity index (χ4n) is 2.33. The van der Waals surface area contributed by atoms with E-state index in [4.69, 9.17) is 5.11 Å². The zero-order valence-corrected chi connectivity index (χ0v) is 12.7. The molecule has 1 amide bonds. The second-order valence-electron chi connectivity index (χ2n) is 4.99. The van der Waals surface area contributed by atoms with E-state index in [1.165, 1.54) is 5.56 Å². The summed E-state index contributed by atoms with van der Waals surface area (Å²) in [6, 6.07) is 10.5. The Labute approximate surface area is 126 Å². The zero-order chi connectivity index (χ0) is 15.7. The molecular formula is C16H24N2O3. The van der Waals surface area contributed by atoms with E-state index in [9.17, 15) is 9.59 Å².